The molecule has 0 saturated heterocycles. The summed E-state index contributed by atoms with van der Waals surface area (Å²) in [5, 5.41) is 16.9. The van der Waals surface area contributed by atoms with Gasteiger partial charge in [0.05, 0.1) is 11.1 Å². The monoisotopic (exact) mass is 220 g/mol. The molecule has 0 unspecified atom stereocenters. The third-order valence-corrected chi connectivity index (χ3v) is 1.58. The molecule has 0 heterocycles. The minimum absolute atomic E-state index is 0.0833. The molecule has 0 spiro atoms. The first-order valence-electron chi connectivity index (χ1n) is 4.40. The van der Waals surface area contributed by atoms with E-state index in [-0.39, 0.29) is 11.1 Å². The van der Waals surface area contributed by atoms with Gasteiger partial charge in [-0.05, 0) is 37.3 Å². The summed E-state index contributed by atoms with van der Waals surface area (Å²) in [4.78, 5) is 20.7. The summed E-state index contributed by atoms with van der Waals surface area (Å²) in [6, 6.07) is 5.02. The van der Waals surface area contributed by atoms with E-state index < -0.39 is 11.9 Å². The van der Waals surface area contributed by atoms with E-state index in [9.17, 15) is 9.59 Å². The van der Waals surface area contributed by atoms with Gasteiger partial charge >= 0.3 is 11.9 Å². The molecule has 0 saturated carbocycles. The van der Waals surface area contributed by atoms with Crippen LogP contribution in [0.5, 0.6) is 0 Å². The second-order valence-electron chi connectivity index (χ2n) is 2.68. The SMILES string of the molecule is C=C=CC.O=C(O)c1ccc(C(=O)O)cc1. The van der Waals surface area contributed by atoms with E-state index in [1.165, 1.54) is 24.3 Å². The van der Waals surface area contributed by atoms with Crippen molar-refractivity contribution in [3.8, 4) is 0 Å². The molecule has 0 radical (unpaired) electrons. The molecule has 84 valence electrons. The van der Waals surface area contributed by atoms with Crippen LogP contribution in [0.1, 0.15) is 27.6 Å². The van der Waals surface area contributed by atoms with E-state index >= 15 is 0 Å². The van der Waals surface area contributed by atoms with Gasteiger partial charge in [0.15, 0.2) is 0 Å². The number of rotatable bonds is 2. The second kappa shape index (κ2) is 7.04. The zero-order valence-electron chi connectivity index (χ0n) is 8.80. The predicted octanol–water partition coefficient (Wildman–Crippen LogP) is 2.43. The van der Waals surface area contributed by atoms with Crippen LogP contribution in [0.2, 0.25) is 0 Å². The van der Waals surface area contributed by atoms with E-state index in [1.807, 2.05) is 6.92 Å². The molecule has 0 aromatic heterocycles. The third kappa shape index (κ3) is 4.79. The van der Waals surface area contributed by atoms with Gasteiger partial charge in [-0.2, -0.15) is 0 Å². The summed E-state index contributed by atoms with van der Waals surface area (Å²) in [6.07, 6.45) is 1.76. The molecule has 0 bridgehead atoms. The standard InChI is InChI=1S/C8H6O4.C4H6/c9-7(10)5-1-2-6(4-3-5)8(11)12;1-3-4-2/h1-4H,(H,9,10)(H,11,12);4H,1H2,2H3. The van der Waals surface area contributed by atoms with Crippen molar-refractivity contribution in [3.05, 3.63) is 53.8 Å². The van der Waals surface area contributed by atoms with Crippen molar-refractivity contribution in [1.82, 2.24) is 0 Å². The Morgan fingerprint density at radius 2 is 1.38 bits per heavy atom. The lowest BCUT2D eigenvalue weighted by Gasteiger charge is -1.94. The van der Waals surface area contributed by atoms with E-state index in [4.69, 9.17) is 10.2 Å². The van der Waals surface area contributed by atoms with Gasteiger partial charge in [0, 0.05) is 0 Å². The van der Waals surface area contributed by atoms with Crippen LogP contribution >= 0.6 is 0 Å². The van der Waals surface area contributed by atoms with Gasteiger partial charge in [-0.3, -0.25) is 0 Å². The van der Waals surface area contributed by atoms with Crippen LogP contribution in [0.25, 0.3) is 0 Å². The Labute approximate surface area is 93.2 Å². The van der Waals surface area contributed by atoms with E-state index in [0.29, 0.717) is 0 Å². The third-order valence-electron chi connectivity index (χ3n) is 1.58. The van der Waals surface area contributed by atoms with Crippen LogP contribution in [0.15, 0.2) is 42.7 Å². The Bertz CT molecular complexity index is 378. The van der Waals surface area contributed by atoms with Crippen molar-refractivity contribution in [2.24, 2.45) is 0 Å². The Morgan fingerprint density at radius 3 is 1.50 bits per heavy atom. The van der Waals surface area contributed by atoms with Gasteiger partial charge in [-0.25, -0.2) is 9.59 Å². The smallest absolute Gasteiger partial charge is 0.335 e. The lowest BCUT2D eigenvalue weighted by atomic mass is 10.1. The first kappa shape index (κ1) is 13.7. The minimum Gasteiger partial charge on any atom is -0.478 e. The van der Waals surface area contributed by atoms with Gasteiger partial charge in [-0.15, -0.1) is 5.73 Å². The van der Waals surface area contributed by atoms with Crippen LogP contribution in [-0.4, -0.2) is 22.2 Å². The molecule has 2 N–H and O–H groups in total. The van der Waals surface area contributed by atoms with Crippen molar-refractivity contribution in [3.63, 3.8) is 0 Å². The Hall–Kier alpha value is -2.32. The van der Waals surface area contributed by atoms with E-state index in [0.717, 1.165) is 0 Å². The number of allylic oxidation sites excluding steroid dienone is 1. The maximum absolute atomic E-state index is 10.3. The number of hydrogen-bond acceptors (Lipinski definition) is 2. The summed E-state index contributed by atoms with van der Waals surface area (Å²) < 4.78 is 0. The van der Waals surface area contributed by atoms with Gasteiger partial charge in [0.2, 0.25) is 0 Å². The van der Waals surface area contributed by atoms with E-state index in [2.05, 4.69) is 12.3 Å². The molecule has 4 heteroatoms. The van der Waals surface area contributed by atoms with Crippen LogP contribution in [0, 0.1) is 0 Å². The number of hydrogen-bond donors (Lipinski definition) is 2. The first-order valence-corrected chi connectivity index (χ1v) is 4.40. The Balaban J connectivity index is 0.000000487. The summed E-state index contributed by atoms with van der Waals surface area (Å²) in [5.41, 5.74) is 2.72. The van der Waals surface area contributed by atoms with Crippen LogP contribution in [0.3, 0.4) is 0 Å². The van der Waals surface area contributed by atoms with Gasteiger partial charge < -0.3 is 10.2 Å². The Kier molecular flexibility index (Phi) is 6.02. The summed E-state index contributed by atoms with van der Waals surface area (Å²) >= 11 is 0. The molecular weight excluding hydrogens is 208 g/mol. The first-order chi connectivity index (χ1) is 7.52. The minimum atomic E-state index is -1.06. The van der Waals surface area contributed by atoms with Gasteiger partial charge in [0.25, 0.3) is 0 Å². The largest absolute Gasteiger partial charge is 0.478 e. The molecule has 4 nitrogen and oxygen atoms in total. The zero-order chi connectivity index (χ0) is 12.6. The van der Waals surface area contributed by atoms with Gasteiger partial charge in [0.1, 0.15) is 0 Å². The zero-order valence-corrected chi connectivity index (χ0v) is 8.80. The van der Waals surface area contributed by atoms with Crippen LogP contribution in [-0.2, 0) is 0 Å². The number of carbonyl (C=O) groups is 2. The molecule has 0 amide bonds. The quantitative estimate of drug-likeness (QED) is 0.750. The van der Waals surface area contributed by atoms with Crippen molar-refractivity contribution in [2.75, 3.05) is 0 Å². The van der Waals surface area contributed by atoms with Gasteiger partial charge in [-0.1, -0.05) is 6.58 Å². The maximum atomic E-state index is 10.3. The normalized spacial score (nSPS) is 8.06. The summed E-state index contributed by atoms with van der Waals surface area (Å²) in [7, 11) is 0. The Morgan fingerprint density at radius 1 is 1.12 bits per heavy atom. The lowest BCUT2D eigenvalue weighted by molar-refractivity contribution is 0.0681. The van der Waals surface area contributed by atoms with Crippen LogP contribution in [0.4, 0.5) is 0 Å². The lowest BCUT2D eigenvalue weighted by Crippen LogP contribution is -1.99. The molecule has 16 heavy (non-hydrogen) atoms. The number of aromatic carboxylic acids is 2. The summed E-state index contributed by atoms with van der Waals surface area (Å²) in [6.45, 7) is 5.18. The topological polar surface area (TPSA) is 74.6 Å². The fourth-order valence-corrected chi connectivity index (χ4v) is 0.755. The van der Waals surface area contributed by atoms with Crippen molar-refractivity contribution in [2.45, 2.75) is 6.92 Å². The van der Waals surface area contributed by atoms with Crippen molar-refractivity contribution < 1.29 is 19.8 Å². The average Bonchev–Trinajstić information content (AvgIpc) is 2.29. The van der Waals surface area contributed by atoms with E-state index in [1.54, 1.807) is 6.08 Å². The molecule has 1 aromatic carbocycles. The number of benzene rings is 1. The molecular formula is C12H12O4. The van der Waals surface area contributed by atoms with Crippen molar-refractivity contribution >= 4 is 11.9 Å². The highest BCUT2D eigenvalue weighted by Gasteiger charge is 2.04. The number of carboxylic acids is 2. The fraction of sp³-hybridized carbons (Fsp3) is 0.0833. The van der Waals surface area contributed by atoms with Crippen LogP contribution < -0.4 is 0 Å². The molecule has 0 aliphatic rings. The molecule has 0 aliphatic heterocycles. The summed E-state index contributed by atoms with van der Waals surface area (Å²) in [5.74, 6) is -2.13. The molecule has 0 aliphatic carbocycles. The highest BCUT2D eigenvalue weighted by molar-refractivity contribution is 5.91. The fourth-order valence-electron chi connectivity index (χ4n) is 0.755. The number of carboxylic acid groups (broad SMARTS) is 2. The molecule has 0 fully saturated rings. The highest BCUT2D eigenvalue weighted by atomic mass is 16.4. The molecule has 1 aromatic rings. The maximum Gasteiger partial charge on any atom is 0.335 e. The molecule has 1 rings (SSSR count). The van der Waals surface area contributed by atoms with Crippen molar-refractivity contribution in [1.29, 1.82) is 0 Å². The second-order valence-corrected chi connectivity index (χ2v) is 2.68. The molecule has 0 atom stereocenters. The predicted molar refractivity (Wildman–Crippen MR) is 59.7 cm³/mol. The average molecular weight is 220 g/mol. The highest BCUT2D eigenvalue weighted by Crippen LogP contribution is 2.03.